The average Bonchev–Trinajstić information content (AvgIpc) is 2.65. The SMILES string of the molecule is CN(C)C(=O)OC1=NN=C(c2c(Cl)cc(Cl)cc2Cl)C1(C)C. The number of rotatable bonds is 1. The van der Waals surface area contributed by atoms with Gasteiger partial charge in [-0.15, -0.1) is 5.10 Å². The molecule has 5 nitrogen and oxygen atoms in total. The van der Waals surface area contributed by atoms with Crippen LogP contribution >= 0.6 is 34.8 Å². The van der Waals surface area contributed by atoms with E-state index in [9.17, 15) is 4.79 Å². The van der Waals surface area contributed by atoms with Crippen LogP contribution in [-0.2, 0) is 4.74 Å². The second-order valence-corrected chi connectivity index (χ2v) is 6.74. The molecule has 0 saturated carbocycles. The van der Waals surface area contributed by atoms with Crippen molar-refractivity contribution in [1.82, 2.24) is 4.90 Å². The number of benzene rings is 1. The smallest absolute Gasteiger partial charge is 0.393 e. The summed E-state index contributed by atoms with van der Waals surface area (Å²) in [5.74, 6) is 0.184. The van der Waals surface area contributed by atoms with Crippen LogP contribution in [0, 0.1) is 5.41 Å². The molecule has 8 heteroatoms. The standard InChI is InChI=1S/C14H14Cl3N3O2/c1-14(2)11(10-8(16)5-7(15)6-9(10)17)18-19-12(14)22-13(21)20(3)4/h5-6H,1-4H3. The first-order chi connectivity index (χ1) is 10.1. The maximum atomic E-state index is 11.7. The summed E-state index contributed by atoms with van der Waals surface area (Å²) in [4.78, 5) is 13.0. The molecule has 118 valence electrons. The van der Waals surface area contributed by atoms with Gasteiger partial charge in [-0.1, -0.05) is 34.8 Å². The monoisotopic (exact) mass is 361 g/mol. The Morgan fingerprint density at radius 3 is 2.18 bits per heavy atom. The van der Waals surface area contributed by atoms with Crippen LogP contribution < -0.4 is 0 Å². The molecule has 0 aliphatic carbocycles. The van der Waals surface area contributed by atoms with E-state index in [2.05, 4.69) is 10.2 Å². The van der Waals surface area contributed by atoms with E-state index >= 15 is 0 Å². The first kappa shape index (κ1) is 17.1. The minimum Gasteiger partial charge on any atom is -0.393 e. The molecule has 1 amide bonds. The fourth-order valence-electron chi connectivity index (χ4n) is 1.90. The zero-order chi connectivity index (χ0) is 16.7. The molecule has 0 unspecified atom stereocenters. The van der Waals surface area contributed by atoms with Crippen molar-refractivity contribution in [2.75, 3.05) is 14.1 Å². The fourth-order valence-corrected chi connectivity index (χ4v) is 2.90. The summed E-state index contributed by atoms with van der Waals surface area (Å²) in [5, 5.41) is 9.21. The van der Waals surface area contributed by atoms with Gasteiger partial charge in [0.25, 0.3) is 0 Å². The van der Waals surface area contributed by atoms with Gasteiger partial charge in [0.1, 0.15) is 0 Å². The van der Waals surface area contributed by atoms with E-state index in [0.717, 1.165) is 0 Å². The topological polar surface area (TPSA) is 54.3 Å². The van der Waals surface area contributed by atoms with Gasteiger partial charge in [-0.05, 0) is 26.0 Å². The summed E-state index contributed by atoms with van der Waals surface area (Å²) in [6.07, 6.45) is -0.531. The number of amides is 1. The molecule has 1 aliphatic heterocycles. The highest BCUT2D eigenvalue weighted by Gasteiger charge is 2.41. The van der Waals surface area contributed by atoms with Crippen LogP contribution in [0.2, 0.25) is 15.1 Å². The van der Waals surface area contributed by atoms with Gasteiger partial charge in [-0.25, -0.2) is 4.79 Å². The Labute approximate surface area is 143 Å². The van der Waals surface area contributed by atoms with Crippen molar-refractivity contribution in [3.63, 3.8) is 0 Å². The van der Waals surface area contributed by atoms with Crippen molar-refractivity contribution in [3.05, 3.63) is 32.8 Å². The summed E-state index contributed by atoms with van der Waals surface area (Å²) in [7, 11) is 3.17. The van der Waals surface area contributed by atoms with Gasteiger partial charge in [-0.2, -0.15) is 5.10 Å². The molecule has 1 heterocycles. The minimum atomic E-state index is -0.757. The molecular formula is C14H14Cl3N3O2. The Morgan fingerprint density at radius 1 is 1.14 bits per heavy atom. The normalized spacial score (nSPS) is 16.1. The number of halogens is 3. The van der Waals surface area contributed by atoms with Gasteiger partial charge in [0.05, 0.1) is 21.2 Å². The molecule has 0 radical (unpaired) electrons. The lowest BCUT2D eigenvalue weighted by molar-refractivity contribution is 0.164. The van der Waals surface area contributed by atoms with Crippen LogP contribution in [0.4, 0.5) is 4.79 Å². The molecule has 0 saturated heterocycles. The van der Waals surface area contributed by atoms with E-state index in [0.29, 0.717) is 26.3 Å². The molecule has 1 aromatic carbocycles. The summed E-state index contributed by atoms with van der Waals surface area (Å²) in [5.41, 5.74) is 0.283. The van der Waals surface area contributed by atoms with Crippen LogP contribution in [0.3, 0.4) is 0 Å². The van der Waals surface area contributed by atoms with E-state index in [1.54, 1.807) is 26.2 Å². The molecule has 0 N–H and O–H groups in total. The van der Waals surface area contributed by atoms with Crippen LogP contribution in [-0.4, -0.2) is 36.7 Å². The highest BCUT2D eigenvalue weighted by atomic mass is 35.5. The van der Waals surface area contributed by atoms with Gasteiger partial charge in [0, 0.05) is 24.7 Å². The molecule has 0 spiro atoms. The third-order valence-corrected chi connectivity index (χ3v) is 3.97. The highest BCUT2D eigenvalue weighted by molar-refractivity contribution is 6.43. The Bertz CT molecular complexity index is 674. The maximum Gasteiger partial charge on any atom is 0.415 e. The van der Waals surface area contributed by atoms with Gasteiger partial charge in [0.15, 0.2) is 0 Å². The maximum absolute atomic E-state index is 11.7. The molecular weight excluding hydrogens is 349 g/mol. The molecule has 0 fully saturated rings. The number of hydrogen-bond donors (Lipinski definition) is 0. The van der Waals surface area contributed by atoms with Gasteiger partial charge < -0.3 is 9.64 Å². The van der Waals surface area contributed by atoms with Crippen molar-refractivity contribution < 1.29 is 9.53 Å². The van der Waals surface area contributed by atoms with E-state index in [-0.39, 0.29) is 5.90 Å². The molecule has 2 rings (SSSR count). The third-order valence-electron chi connectivity index (χ3n) is 3.16. The predicted molar refractivity (Wildman–Crippen MR) is 89.4 cm³/mol. The van der Waals surface area contributed by atoms with E-state index in [4.69, 9.17) is 39.5 Å². The number of hydrogen-bond acceptors (Lipinski definition) is 4. The minimum absolute atomic E-state index is 0.184. The second kappa shape index (κ2) is 6.07. The Hall–Kier alpha value is -1.30. The van der Waals surface area contributed by atoms with E-state index < -0.39 is 11.5 Å². The number of carbonyl (C=O) groups excluding carboxylic acids is 1. The lowest BCUT2D eigenvalue weighted by atomic mass is 9.83. The largest absolute Gasteiger partial charge is 0.415 e. The first-order valence-electron chi connectivity index (χ1n) is 6.35. The third kappa shape index (κ3) is 3.07. The lowest BCUT2D eigenvalue weighted by Gasteiger charge is -2.24. The van der Waals surface area contributed by atoms with Gasteiger partial charge >= 0.3 is 6.09 Å². The number of ether oxygens (including phenoxy) is 1. The quantitative estimate of drug-likeness (QED) is 0.739. The number of nitrogens with zero attached hydrogens (tertiary/aromatic N) is 3. The Morgan fingerprint density at radius 2 is 1.68 bits per heavy atom. The summed E-state index contributed by atoms with van der Waals surface area (Å²) in [6, 6.07) is 3.15. The van der Waals surface area contributed by atoms with Crippen LogP contribution in [0.1, 0.15) is 19.4 Å². The number of carbonyl (C=O) groups is 1. The summed E-state index contributed by atoms with van der Waals surface area (Å²) >= 11 is 18.4. The molecule has 1 aliphatic rings. The van der Waals surface area contributed by atoms with Crippen LogP contribution in [0.5, 0.6) is 0 Å². The van der Waals surface area contributed by atoms with Crippen LogP contribution in [0.15, 0.2) is 22.3 Å². The van der Waals surface area contributed by atoms with Gasteiger partial charge in [0.2, 0.25) is 5.90 Å². The molecule has 1 aromatic rings. The van der Waals surface area contributed by atoms with Crippen molar-refractivity contribution >= 4 is 52.5 Å². The Balaban J connectivity index is 2.36. The second-order valence-electron chi connectivity index (χ2n) is 5.49. The highest BCUT2D eigenvalue weighted by Crippen LogP contribution is 2.38. The van der Waals surface area contributed by atoms with Crippen molar-refractivity contribution in [2.45, 2.75) is 13.8 Å². The zero-order valence-electron chi connectivity index (χ0n) is 12.4. The van der Waals surface area contributed by atoms with Gasteiger partial charge in [-0.3, -0.25) is 0 Å². The van der Waals surface area contributed by atoms with Crippen molar-refractivity contribution in [2.24, 2.45) is 15.6 Å². The molecule has 0 aromatic heterocycles. The first-order valence-corrected chi connectivity index (χ1v) is 7.48. The van der Waals surface area contributed by atoms with Crippen molar-refractivity contribution in [1.29, 1.82) is 0 Å². The van der Waals surface area contributed by atoms with Crippen LogP contribution in [0.25, 0.3) is 0 Å². The fraction of sp³-hybridized carbons (Fsp3) is 0.357. The molecule has 0 atom stereocenters. The van der Waals surface area contributed by atoms with E-state index in [1.807, 2.05) is 13.8 Å². The molecule has 22 heavy (non-hydrogen) atoms. The zero-order valence-corrected chi connectivity index (χ0v) is 14.7. The lowest BCUT2D eigenvalue weighted by Crippen LogP contribution is -2.36. The summed E-state index contributed by atoms with van der Waals surface area (Å²) in [6.45, 7) is 3.64. The summed E-state index contributed by atoms with van der Waals surface area (Å²) < 4.78 is 5.25. The van der Waals surface area contributed by atoms with E-state index in [1.165, 1.54) is 4.90 Å². The predicted octanol–water partition coefficient (Wildman–Crippen LogP) is 4.49. The molecule has 0 bridgehead atoms. The van der Waals surface area contributed by atoms with Crippen molar-refractivity contribution in [3.8, 4) is 0 Å². The Kier molecular flexibility index (Phi) is 4.70. The average molecular weight is 363 g/mol.